The maximum atomic E-state index is 11.7. The summed E-state index contributed by atoms with van der Waals surface area (Å²) in [6, 6.07) is 6.68. The summed E-state index contributed by atoms with van der Waals surface area (Å²) in [4.78, 5) is 24.4. The number of rotatable bonds is 4. The molecule has 1 rings (SSSR count). The highest BCUT2D eigenvalue weighted by Crippen LogP contribution is 2.12. The SMILES string of the molecule is CN(C)C(=O)CCC(=O)c1ccc(Cl)cc1. The standard InChI is InChI=1S/C12H14ClNO2/c1-14(2)12(16)8-7-11(15)9-3-5-10(13)6-4-9/h3-6H,7-8H2,1-2H3. The molecule has 0 unspecified atom stereocenters. The summed E-state index contributed by atoms with van der Waals surface area (Å²) in [7, 11) is 3.35. The molecule has 0 saturated carbocycles. The molecule has 0 atom stereocenters. The van der Waals surface area contributed by atoms with E-state index in [9.17, 15) is 9.59 Å². The van der Waals surface area contributed by atoms with Gasteiger partial charge in [0.1, 0.15) is 0 Å². The van der Waals surface area contributed by atoms with Crippen LogP contribution in [0.25, 0.3) is 0 Å². The minimum absolute atomic E-state index is 0.0353. The van der Waals surface area contributed by atoms with Gasteiger partial charge < -0.3 is 4.90 Å². The molecule has 0 heterocycles. The normalized spacial score (nSPS) is 9.94. The lowest BCUT2D eigenvalue weighted by molar-refractivity contribution is -0.128. The first-order chi connectivity index (χ1) is 7.50. The van der Waals surface area contributed by atoms with Crippen LogP contribution in [0.5, 0.6) is 0 Å². The zero-order valence-electron chi connectivity index (χ0n) is 9.37. The third-order valence-electron chi connectivity index (χ3n) is 2.23. The Morgan fingerprint density at radius 3 is 2.19 bits per heavy atom. The van der Waals surface area contributed by atoms with Crippen LogP contribution in [0.1, 0.15) is 23.2 Å². The molecule has 0 fully saturated rings. The Bertz CT molecular complexity index is 385. The first-order valence-electron chi connectivity index (χ1n) is 4.99. The van der Waals surface area contributed by atoms with Gasteiger partial charge in [-0.2, -0.15) is 0 Å². The third-order valence-corrected chi connectivity index (χ3v) is 2.48. The number of halogens is 1. The van der Waals surface area contributed by atoms with Crippen molar-refractivity contribution < 1.29 is 9.59 Å². The van der Waals surface area contributed by atoms with Gasteiger partial charge in [0.15, 0.2) is 5.78 Å². The monoisotopic (exact) mass is 239 g/mol. The molecule has 0 aliphatic rings. The van der Waals surface area contributed by atoms with Crippen LogP contribution in [0.3, 0.4) is 0 Å². The van der Waals surface area contributed by atoms with Crippen molar-refractivity contribution >= 4 is 23.3 Å². The fourth-order valence-corrected chi connectivity index (χ4v) is 1.35. The lowest BCUT2D eigenvalue weighted by Gasteiger charge is -2.09. The van der Waals surface area contributed by atoms with Crippen LogP contribution in [0.2, 0.25) is 5.02 Å². The summed E-state index contributed by atoms with van der Waals surface area (Å²) in [5, 5.41) is 0.598. The Labute approximate surface area is 100 Å². The molecule has 0 spiro atoms. The quantitative estimate of drug-likeness (QED) is 0.757. The van der Waals surface area contributed by atoms with Gasteiger partial charge in [0.05, 0.1) is 0 Å². The van der Waals surface area contributed by atoms with Crippen LogP contribution in [-0.2, 0) is 4.79 Å². The highest BCUT2D eigenvalue weighted by atomic mass is 35.5. The largest absolute Gasteiger partial charge is 0.349 e. The predicted molar refractivity (Wildman–Crippen MR) is 63.7 cm³/mol. The number of benzene rings is 1. The maximum absolute atomic E-state index is 11.7. The van der Waals surface area contributed by atoms with Gasteiger partial charge in [-0.05, 0) is 24.3 Å². The lowest BCUT2D eigenvalue weighted by Crippen LogP contribution is -2.22. The molecule has 16 heavy (non-hydrogen) atoms. The van der Waals surface area contributed by atoms with Crippen molar-refractivity contribution in [1.82, 2.24) is 4.90 Å². The smallest absolute Gasteiger partial charge is 0.222 e. The molecule has 0 aliphatic carbocycles. The Hall–Kier alpha value is -1.35. The van der Waals surface area contributed by atoms with Gasteiger partial charge in [0.2, 0.25) is 5.91 Å². The average molecular weight is 240 g/mol. The highest BCUT2D eigenvalue weighted by Gasteiger charge is 2.10. The first-order valence-corrected chi connectivity index (χ1v) is 5.37. The molecule has 3 nitrogen and oxygen atoms in total. The number of hydrogen-bond acceptors (Lipinski definition) is 2. The average Bonchev–Trinajstić information content (AvgIpc) is 2.26. The summed E-state index contributed by atoms with van der Waals surface area (Å²) in [6.07, 6.45) is 0.479. The van der Waals surface area contributed by atoms with E-state index in [2.05, 4.69) is 0 Å². The van der Waals surface area contributed by atoms with E-state index in [1.807, 2.05) is 0 Å². The number of carbonyl (C=O) groups excluding carboxylic acids is 2. The number of carbonyl (C=O) groups is 2. The van der Waals surface area contributed by atoms with Crippen LogP contribution in [0.4, 0.5) is 0 Å². The minimum Gasteiger partial charge on any atom is -0.349 e. The van der Waals surface area contributed by atoms with Crippen LogP contribution >= 0.6 is 11.6 Å². The lowest BCUT2D eigenvalue weighted by atomic mass is 10.1. The molecule has 0 aliphatic heterocycles. The molecule has 0 saturated heterocycles. The summed E-state index contributed by atoms with van der Waals surface area (Å²) >= 11 is 5.71. The minimum atomic E-state index is -0.0395. The van der Waals surface area contributed by atoms with Gasteiger partial charge in [0.25, 0.3) is 0 Å². The van der Waals surface area contributed by atoms with E-state index in [1.165, 1.54) is 4.90 Å². The van der Waals surface area contributed by atoms with Crippen molar-refractivity contribution in [3.8, 4) is 0 Å². The topological polar surface area (TPSA) is 37.4 Å². The summed E-state index contributed by atoms with van der Waals surface area (Å²) in [5.41, 5.74) is 0.593. The van der Waals surface area contributed by atoms with Crippen LogP contribution in [0.15, 0.2) is 24.3 Å². The second kappa shape index (κ2) is 5.66. The van der Waals surface area contributed by atoms with Crippen molar-refractivity contribution in [3.63, 3.8) is 0 Å². The van der Waals surface area contributed by atoms with Crippen LogP contribution in [0, 0.1) is 0 Å². The number of nitrogens with zero attached hydrogens (tertiary/aromatic N) is 1. The van der Waals surface area contributed by atoms with E-state index in [1.54, 1.807) is 38.4 Å². The Balaban J connectivity index is 2.53. The van der Waals surface area contributed by atoms with Gasteiger partial charge in [-0.25, -0.2) is 0 Å². The van der Waals surface area contributed by atoms with Crippen LogP contribution in [-0.4, -0.2) is 30.7 Å². The van der Waals surface area contributed by atoms with E-state index >= 15 is 0 Å². The van der Waals surface area contributed by atoms with Crippen molar-refractivity contribution in [2.75, 3.05) is 14.1 Å². The van der Waals surface area contributed by atoms with Gasteiger partial charge in [-0.15, -0.1) is 0 Å². The van der Waals surface area contributed by atoms with Crippen LogP contribution < -0.4 is 0 Å². The molecule has 4 heteroatoms. The van der Waals surface area contributed by atoms with E-state index < -0.39 is 0 Å². The van der Waals surface area contributed by atoms with E-state index in [-0.39, 0.29) is 24.5 Å². The second-order valence-corrected chi connectivity index (χ2v) is 4.15. The van der Waals surface area contributed by atoms with Crippen molar-refractivity contribution in [1.29, 1.82) is 0 Å². The van der Waals surface area contributed by atoms with Crippen molar-refractivity contribution in [3.05, 3.63) is 34.9 Å². The molecule has 86 valence electrons. The molecule has 1 amide bonds. The van der Waals surface area contributed by atoms with Crippen molar-refractivity contribution in [2.45, 2.75) is 12.8 Å². The van der Waals surface area contributed by atoms with Gasteiger partial charge in [-0.3, -0.25) is 9.59 Å². The Morgan fingerprint density at radius 2 is 1.69 bits per heavy atom. The van der Waals surface area contributed by atoms with Gasteiger partial charge in [0, 0.05) is 37.5 Å². The summed E-state index contributed by atoms with van der Waals surface area (Å²) in [5.74, 6) is -0.0748. The highest BCUT2D eigenvalue weighted by molar-refractivity contribution is 6.30. The molecular formula is C12H14ClNO2. The molecule has 0 N–H and O–H groups in total. The number of amides is 1. The Morgan fingerprint density at radius 1 is 1.12 bits per heavy atom. The maximum Gasteiger partial charge on any atom is 0.222 e. The fraction of sp³-hybridized carbons (Fsp3) is 0.333. The van der Waals surface area contributed by atoms with Gasteiger partial charge >= 0.3 is 0 Å². The molecule has 1 aromatic carbocycles. The van der Waals surface area contributed by atoms with Crippen molar-refractivity contribution in [2.24, 2.45) is 0 Å². The third kappa shape index (κ3) is 3.66. The fourth-order valence-electron chi connectivity index (χ4n) is 1.22. The number of hydrogen-bond donors (Lipinski definition) is 0. The molecule has 0 radical (unpaired) electrons. The zero-order chi connectivity index (χ0) is 12.1. The second-order valence-electron chi connectivity index (χ2n) is 3.72. The predicted octanol–water partition coefficient (Wildman–Crippen LogP) is 2.39. The molecule has 1 aromatic rings. The molecule has 0 bridgehead atoms. The van der Waals surface area contributed by atoms with E-state index in [4.69, 9.17) is 11.6 Å². The summed E-state index contributed by atoms with van der Waals surface area (Å²) < 4.78 is 0. The number of ketones is 1. The summed E-state index contributed by atoms with van der Waals surface area (Å²) in [6.45, 7) is 0. The number of Topliss-reactive ketones (excluding diaryl/α,β-unsaturated/α-hetero) is 1. The molecule has 0 aromatic heterocycles. The van der Waals surface area contributed by atoms with E-state index in [0.29, 0.717) is 10.6 Å². The Kier molecular flexibility index (Phi) is 4.50. The van der Waals surface area contributed by atoms with E-state index in [0.717, 1.165) is 0 Å². The first kappa shape index (κ1) is 12.7. The van der Waals surface area contributed by atoms with Gasteiger partial charge in [-0.1, -0.05) is 11.6 Å². The zero-order valence-corrected chi connectivity index (χ0v) is 10.1. The molecular weight excluding hydrogens is 226 g/mol.